The van der Waals surface area contributed by atoms with Gasteiger partial charge in [-0.2, -0.15) is 0 Å². The largest absolute Gasteiger partial charge is 0.299 e. The van der Waals surface area contributed by atoms with Crippen LogP contribution in [0.1, 0.15) is 21.6 Å². The lowest BCUT2D eigenvalue weighted by molar-refractivity contribution is -0.114. The Bertz CT molecular complexity index is 762. The molecule has 0 saturated heterocycles. The first-order valence-corrected chi connectivity index (χ1v) is 6.48. The molecule has 1 amide bonds. The third-order valence-corrected chi connectivity index (χ3v) is 3.35. The summed E-state index contributed by atoms with van der Waals surface area (Å²) in [6, 6.07) is 2.79. The smallest absolute Gasteiger partial charge is 0.296 e. The van der Waals surface area contributed by atoms with Gasteiger partial charge in [0.25, 0.3) is 11.7 Å². The van der Waals surface area contributed by atoms with Crippen molar-refractivity contribution in [3.63, 3.8) is 0 Å². The second kappa shape index (κ2) is 4.89. The number of hydrogen-bond donors (Lipinski definition) is 0. The molecule has 3 rings (SSSR count). The van der Waals surface area contributed by atoms with Gasteiger partial charge in [0.15, 0.2) is 0 Å². The van der Waals surface area contributed by atoms with Gasteiger partial charge in [-0.1, -0.05) is 11.6 Å². The summed E-state index contributed by atoms with van der Waals surface area (Å²) in [6.07, 6.45) is 2.70. The van der Waals surface area contributed by atoms with E-state index in [-0.39, 0.29) is 22.9 Å². The van der Waals surface area contributed by atoms with Crippen LogP contribution in [0.3, 0.4) is 0 Å². The number of fused-ring (bicyclic) bond motifs is 1. The quantitative estimate of drug-likeness (QED) is 0.799. The minimum atomic E-state index is -0.772. The first kappa shape index (κ1) is 13.6. The number of aryl methyl sites for hydroxylation is 1. The number of nitrogens with zero attached hydrogens (tertiary/aromatic N) is 3. The molecule has 0 aliphatic carbocycles. The maximum absolute atomic E-state index is 14.1. The number of amides is 1. The molecule has 0 radical (unpaired) electrons. The minimum Gasteiger partial charge on any atom is -0.296 e. The van der Waals surface area contributed by atoms with Crippen LogP contribution in [0.2, 0.25) is 5.15 Å². The summed E-state index contributed by atoms with van der Waals surface area (Å²) in [5, 5.41) is 0.213. The molecule has 0 bridgehead atoms. The maximum atomic E-state index is 14.1. The normalized spacial score (nSPS) is 13.8. The molecule has 21 heavy (non-hydrogen) atoms. The molecule has 0 N–H and O–H groups in total. The molecule has 1 aromatic carbocycles. The number of halogens is 2. The van der Waals surface area contributed by atoms with E-state index in [1.807, 2.05) is 0 Å². The van der Waals surface area contributed by atoms with E-state index in [1.165, 1.54) is 24.5 Å². The van der Waals surface area contributed by atoms with Gasteiger partial charge in [-0.25, -0.2) is 9.37 Å². The van der Waals surface area contributed by atoms with Crippen molar-refractivity contribution in [2.75, 3.05) is 4.90 Å². The van der Waals surface area contributed by atoms with Crippen molar-refractivity contribution in [3.8, 4) is 0 Å². The van der Waals surface area contributed by atoms with Crippen molar-refractivity contribution in [2.45, 2.75) is 13.5 Å². The van der Waals surface area contributed by atoms with Gasteiger partial charge in [-0.15, -0.1) is 0 Å². The average molecular weight is 306 g/mol. The number of rotatable bonds is 2. The fraction of sp³-hybridized carbons (Fsp3) is 0.143. The molecular formula is C14H9ClFN3O2. The van der Waals surface area contributed by atoms with Crippen LogP contribution in [-0.4, -0.2) is 21.7 Å². The highest BCUT2D eigenvalue weighted by Gasteiger charge is 2.38. The summed E-state index contributed by atoms with van der Waals surface area (Å²) < 4.78 is 14.1. The Morgan fingerprint density at radius 1 is 1.24 bits per heavy atom. The van der Waals surface area contributed by atoms with Crippen LogP contribution in [-0.2, 0) is 11.3 Å². The topological polar surface area (TPSA) is 63.2 Å². The van der Waals surface area contributed by atoms with E-state index in [9.17, 15) is 14.0 Å². The highest BCUT2D eigenvalue weighted by molar-refractivity contribution is 6.52. The summed E-state index contributed by atoms with van der Waals surface area (Å²) in [7, 11) is 0. The van der Waals surface area contributed by atoms with E-state index in [4.69, 9.17) is 11.6 Å². The maximum Gasteiger partial charge on any atom is 0.299 e. The Kier molecular flexibility index (Phi) is 3.17. The van der Waals surface area contributed by atoms with Crippen molar-refractivity contribution >= 4 is 29.0 Å². The first-order chi connectivity index (χ1) is 9.97. The lowest BCUT2D eigenvalue weighted by Gasteiger charge is -2.16. The molecule has 2 aromatic rings. The van der Waals surface area contributed by atoms with Crippen LogP contribution >= 0.6 is 11.6 Å². The second-order valence-electron chi connectivity index (χ2n) is 4.69. The number of carbonyl (C=O) groups excluding carboxylic acids is 2. The van der Waals surface area contributed by atoms with E-state index < -0.39 is 17.5 Å². The molecular weight excluding hydrogens is 297 g/mol. The van der Waals surface area contributed by atoms with E-state index in [2.05, 4.69) is 9.97 Å². The zero-order valence-electron chi connectivity index (χ0n) is 10.9. The third-order valence-electron chi connectivity index (χ3n) is 3.16. The molecule has 5 nitrogen and oxygen atoms in total. The number of hydrogen-bond acceptors (Lipinski definition) is 4. The van der Waals surface area contributed by atoms with Crippen LogP contribution in [0, 0.1) is 12.7 Å². The van der Waals surface area contributed by atoms with Gasteiger partial charge in [0.2, 0.25) is 0 Å². The summed E-state index contributed by atoms with van der Waals surface area (Å²) in [4.78, 5) is 32.9. The number of ketones is 1. The Hall–Kier alpha value is -2.34. The van der Waals surface area contributed by atoms with Crippen LogP contribution in [0.25, 0.3) is 0 Å². The van der Waals surface area contributed by atoms with Crippen molar-refractivity contribution in [3.05, 3.63) is 52.3 Å². The van der Waals surface area contributed by atoms with Gasteiger partial charge in [0.1, 0.15) is 11.0 Å². The van der Waals surface area contributed by atoms with E-state index in [0.29, 0.717) is 11.3 Å². The molecule has 2 heterocycles. The van der Waals surface area contributed by atoms with Crippen LogP contribution in [0.15, 0.2) is 24.5 Å². The van der Waals surface area contributed by atoms with Crippen LogP contribution < -0.4 is 4.90 Å². The molecule has 1 aromatic heterocycles. The Balaban J connectivity index is 2.03. The van der Waals surface area contributed by atoms with Crippen molar-refractivity contribution < 1.29 is 14.0 Å². The molecule has 106 valence electrons. The average Bonchev–Trinajstić information content (AvgIpc) is 2.67. The number of benzene rings is 1. The van der Waals surface area contributed by atoms with Gasteiger partial charge in [-0.05, 0) is 24.6 Å². The van der Waals surface area contributed by atoms with E-state index >= 15 is 0 Å². The Labute approximate surface area is 124 Å². The lowest BCUT2D eigenvalue weighted by atomic mass is 10.1. The predicted molar refractivity (Wildman–Crippen MR) is 73.7 cm³/mol. The SMILES string of the molecule is Cc1cc(F)c2c(c1)C(=O)C(=O)N2Cc1cnc(Cl)cn1. The fourth-order valence-corrected chi connectivity index (χ4v) is 2.35. The number of anilines is 1. The van der Waals surface area contributed by atoms with Crippen LogP contribution in [0.5, 0.6) is 0 Å². The van der Waals surface area contributed by atoms with Crippen molar-refractivity contribution in [1.29, 1.82) is 0 Å². The molecule has 0 spiro atoms. The lowest BCUT2D eigenvalue weighted by Crippen LogP contribution is -2.30. The number of aromatic nitrogens is 2. The number of Topliss-reactive ketones (excluding diaryl/α,β-unsaturated/α-hetero) is 1. The number of carbonyl (C=O) groups is 2. The first-order valence-electron chi connectivity index (χ1n) is 6.10. The summed E-state index contributed by atoms with van der Waals surface area (Å²) >= 11 is 5.64. The minimum absolute atomic E-state index is 0.00708. The molecule has 0 unspecified atom stereocenters. The van der Waals surface area contributed by atoms with E-state index in [1.54, 1.807) is 6.92 Å². The molecule has 1 aliphatic rings. The predicted octanol–water partition coefficient (Wildman–Crippen LogP) is 2.31. The summed E-state index contributed by atoms with van der Waals surface area (Å²) in [5.74, 6) is -2.09. The second-order valence-corrected chi connectivity index (χ2v) is 5.08. The highest BCUT2D eigenvalue weighted by Crippen LogP contribution is 2.33. The summed E-state index contributed by atoms with van der Waals surface area (Å²) in [6.45, 7) is 1.62. The third kappa shape index (κ3) is 2.27. The van der Waals surface area contributed by atoms with E-state index in [0.717, 1.165) is 4.90 Å². The van der Waals surface area contributed by atoms with Crippen molar-refractivity contribution in [2.24, 2.45) is 0 Å². The highest BCUT2D eigenvalue weighted by atomic mass is 35.5. The molecule has 0 saturated carbocycles. The van der Waals surface area contributed by atoms with Crippen LogP contribution in [0.4, 0.5) is 10.1 Å². The van der Waals surface area contributed by atoms with Gasteiger partial charge >= 0.3 is 0 Å². The zero-order valence-corrected chi connectivity index (χ0v) is 11.7. The summed E-state index contributed by atoms with van der Waals surface area (Å²) in [5.41, 5.74) is 1.07. The molecule has 7 heteroatoms. The van der Waals surface area contributed by atoms with Gasteiger partial charge < -0.3 is 0 Å². The zero-order chi connectivity index (χ0) is 15.1. The molecule has 0 atom stereocenters. The van der Waals surface area contributed by atoms with Gasteiger partial charge in [-0.3, -0.25) is 19.5 Å². The molecule has 0 fully saturated rings. The van der Waals surface area contributed by atoms with Gasteiger partial charge in [0.05, 0.1) is 35.9 Å². The van der Waals surface area contributed by atoms with Crippen molar-refractivity contribution in [1.82, 2.24) is 9.97 Å². The Morgan fingerprint density at radius 2 is 2.00 bits per heavy atom. The van der Waals surface area contributed by atoms with Gasteiger partial charge in [0, 0.05) is 0 Å². The Morgan fingerprint density at radius 3 is 2.67 bits per heavy atom. The monoisotopic (exact) mass is 305 g/mol. The standard InChI is InChI=1S/C14H9ClFN3O2/c1-7-2-9-12(10(16)3-7)19(14(21)13(9)20)6-8-4-18-11(15)5-17-8/h2-5H,6H2,1H3. The molecule has 1 aliphatic heterocycles. The fourth-order valence-electron chi connectivity index (χ4n) is 2.25.